The molecule has 5 nitrogen and oxygen atoms in total. The molecule has 132 valence electrons. The number of nitrogens with zero attached hydrogens (tertiary/aromatic N) is 1. The minimum Gasteiger partial charge on any atom is -0.463 e. The van der Waals surface area contributed by atoms with Crippen LogP contribution in [0.15, 0.2) is 30.0 Å². The van der Waals surface area contributed by atoms with Gasteiger partial charge in [-0.05, 0) is 44.9 Å². The molecule has 0 fully saturated rings. The van der Waals surface area contributed by atoms with Crippen molar-refractivity contribution in [2.75, 3.05) is 13.7 Å². The summed E-state index contributed by atoms with van der Waals surface area (Å²) in [5.41, 5.74) is 1.14. The fraction of sp³-hybridized carbons (Fsp3) is 0.412. The number of carbonyl (C=O) groups is 2. The van der Waals surface area contributed by atoms with Crippen molar-refractivity contribution in [3.63, 3.8) is 0 Å². The van der Waals surface area contributed by atoms with Crippen molar-refractivity contribution in [1.82, 2.24) is 4.90 Å². The second-order valence-electron chi connectivity index (χ2n) is 5.13. The Labute approximate surface area is 152 Å². The lowest BCUT2D eigenvalue weighted by Crippen LogP contribution is -2.38. The molecule has 24 heavy (non-hydrogen) atoms. The Morgan fingerprint density at radius 2 is 1.88 bits per heavy atom. The van der Waals surface area contributed by atoms with Crippen LogP contribution in [0, 0.1) is 0 Å². The van der Waals surface area contributed by atoms with Gasteiger partial charge in [-0.2, -0.15) is 0 Å². The maximum absolute atomic E-state index is 12.1. The second-order valence-corrected chi connectivity index (χ2v) is 5.95. The van der Waals surface area contributed by atoms with E-state index < -0.39 is 12.1 Å². The normalized spacial score (nSPS) is 12.5. The first-order valence-corrected chi connectivity index (χ1v) is 8.22. The summed E-state index contributed by atoms with van der Waals surface area (Å²) >= 11 is 12.4. The van der Waals surface area contributed by atoms with Gasteiger partial charge in [0.1, 0.15) is 0 Å². The van der Waals surface area contributed by atoms with Gasteiger partial charge in [0.05, 0.1) is 13.7 Å². The SMILES string of the molecule is CCOC(=O)C=C(C)N(C(=O)OC)C(C)Cc1c(Cl)cccc1Cl. The number of esters is 1. The number of ether oxygens (including phenoxy) is 2. The maximum atomic E-state index is 12.1. The van der Waals surface area contributed by atoms with E-state index in [9.17, 15) is 9.59 Å². The lowest BCUT2D eigenvalue weighted by Gasteiger charge is -2.29. The minimum atomic E-state index is -0.580. The molecule has 0 radical (unpaired) electrons. The number of benzene rings is 1. The van der Waals surface area contributed by atoms with Gasteiger partial charge in [0.25, 0.3) is 0 Å². The van der Waals surface area contributed by atoms with Crippen LogP contribution in [0.1, 0.15) is 26.3 Å². The molecule has 0 bridgehead atoms. The van der Waals surface area contributed by atoms with Crippen LogP contribution in [0.25, 0.3) is 0 Å². The molecule has 1 amide bonds. The first kappa shape index (κ1) is 20.3. The Kier molecular flexibility index (Phi) is 8.08. The Morgan fingerprint density at radius 3 is 2.38 bits per heavy atom. The van der Waals surface area contributed by atoms with Gasteiger partial charge < -0.3 is 9.47 Å². The number of carbonyl (C=O) groups excluding carboxylic acids is 2. The van der Waals surface area contributed by atoms with Crippen molar-refractivity contribution >= 4 is 35.3 Å². The van der Waals surface area contributed by atoms with Crippen LogP contribution in [0.3, 0.4) is 0 Å². The van der Waals surface area contributed by atoms with Gasteiger partial charge >= 0.3 is 12.1 Å². The molecule has 1 atom stereocenters. The van der Waals surface area contributed by atoms with Crippen LogP contribution in [-0.4, -0.2) is 36.7 Å². The highest BCUT2D eigenvalue weighted by Gasteiger charge is 2.25. The van der Waals surface area contributed by atoms with Crippen LogP contribution >= 0.6 is 23.2 Å². The topological polar surface area (TPSA) is 55.8 Å². The summed E-state index contributed by atoms with van der Waals surface area (Å²) in [5.74, 6) is -0.521. The maximum Gasteiger partial charge on any atom is 0.413 e. The number of amides is 1. The van der Waals surface area contributed by atoms with E-state index in [0.29, 0.717) is 22.2 Å². The molecule has 1 aromatic carbocycles. The van der Waals surface area contributed by atoms with Crippen LogP contribution in [0.5, 0.6) is 0 Å². The first-order valence-electron chi connectivity index (χ1n) is 7.46. The number of methoxy groups -OCH3 is 1. The van der Waals surface area contributed by atoms with E-state index in [1.165, 1.54) is 18.1 Å². The fourth-order valence-electron chi connectivity index (χ4n) is 2.31. The Bertz CT molecular complexity index is 611. The molecule has 1 rings (SSSR count). The number of hydrogen-bond acceptors (Lipinski definition) is 4. The molecular formula is C17H21Cl2NO4. The van der Waals surface area contributed by atoms with Crippen molar-refractivity contribution in [2.45, 2.75) is 33.2 Å². The third kappa shape index (κ3) is 5.42. The van der Waals surface area contributed by atoms with Crippen LogP contribution < -0.4 is 0 Å². The van der Waals surface area contributed by atoms with Crippen molar-refractivity contribution in [3.8, 4) is 0 Å². The third-order valence-electron chi connectivity index (χ3n) is 3.37. The highest BCUT2D eigenvalue weighted by molar-refractivity contribution is 6.36. The number of rotatable bonds is 6. The van der Waals surface area contributed by atoms with Crippen molar-refractivity contribution in [2.24, 2.45) is 0 Å². The summed E-state index contributed by atoms with van der Waals surface area (Å²) in [5, 5.41) is 1.04. The molecule has 0 saturated heterocycles. The molecule has 0 N–H and O–H groups in total. The number of hydrogen-bond donors (Lipinski definition) is 0. The van der Waals surface area contributed by atoms with Gasteiger partial charge in [0.2, 0.25) is 0 Å². The first-order chi connectivity index (χ1) is 11.3. The molecule has 0 heterocycles. The van der Waals surface area contributed by atoms with Gasteiger partial charge in [-0.25, -0.2) is 9.59 Å². The van der Waals surface area contributed by atoms with E-state index in [0.717, 1.165) is 5.56 Å². The zero-order chi connectivity index (χ0) is 18.3. The van der Waals surface area contributed by atoms with Crippen molar-refractivity contribution < 1.29 is 19.1 Å². The largest absolute Gasteiger partial charge is 0.463 e. The van der Waals surface area contributed by atoms with Crippen LogP contribution in [-0.2, 0) is 20.7 Å². The molecule has 0 aromatic heterocycles. The predicted octanol–water partition coefficient (Wildman–Crippen LogP) is 4.46. The second kappa shape index (κ2) is 9.55. The monoisotopic (exact) mass is 373 g/mol. The molecular weight excluding hydrogens is 353 g/mol. The van der Waals surface area contributed by atoms with Crippen molar-refractivity contribution in [1.29, 1.82) is 0 Å². The molecule has 1 aromatic rings. The van der Waals surface area contributed by atoms with E-state index >= 15 is 0 Å². The molecule has 7 heteroatoms. The van der Waals surface area contributed by atoms with Gasteiger partial charge in [-0.1, -0.05) is 29.3 Å². The number of halogens is 2. The third-order valence-corrected chi connectivity index (χ3v) is 4.07. The number of allylic oxidation sites excluding steroid dienone is 1. The summed E-state index contributed by atoms with van der Waals surface area (Å²) in [4.78, 5) is 25.1. The lowest BCUT2D eigenvalue weighted by atomic mass is 10.1. The molecule has 0 spiro atoms. The average molecular weight is 374 g/mol. The average Bonchev–Trinajstić information content (AvgIpc) is 2.51. The summed E-state index contributed by atoms with van der Waals surface area (Å²) in [6, 6.07) is 4.89. The van der Waals surface area contributed by atoms with Gasteiger partial charge in [-0.15, -0.1) is 0 Å². The Balaban J connectivity index is 3.08. The summed E-state index contributed by atoms with van der Waals surface area (Å²) in [7, 11) is 1.28. The van der Waals surface area contributed by atoms with E-state index in [1.807, 2.05) is 6.92 Å². The molecule has 0 saturated carbocycles. The highest BCUT2D eigenvalue weighted by Crippen LogP contribution is 2.27. The molecule has 0 aliphatic carbocycles. The van der Waals surface area contributed by atoms with E-state index in [4.69, 9.17) is 32.7 Å². The van der Waals surface area contributed by atoms with E-state index in [1.54, 1.807) is 32.0 Å². The Hall–Kier alpha value is -1.72. The minimum absolute atomic E-state index is 0.256. The summed E-state index contributed by atoms with van der Waals surface area (Å²) in [6.45, 7) is 5.42. The van der Waals surface area contributed by atoms with E-state index in [-0.39, 0.29) is 12.6 Å². The smallest absolute Gasteiger partial charge is 0.413 e. The zero-order valence-corrected chi connectivity index (χ0v) is 15.6. The van der Waals surface area contributed by atoms with Crippen LogP contribution in [0.2, 0.25) is 10.0 Å². The molecule has 0 aliphatic heterocycles. The van der Waals surface area contributed by atoms with Crippen LogP contribution in [0.4, 0.5) is 4.79 Å². The predicted molar refractivity (Wildman–Crippen MR) is 94.3 cm³/mol. The van der Waals surface area contributed by atoms with Gasteiger partial charge in [0.15, 0.2) is 0 Å². The van der Waals surface area contributed by atoms with Gasteiger partial charge in [0, 0.05) is 27.9 Å². The zero-order valence-electron chi connectivity index (χ0n) is 14.1. The highest BCUT2D eigenvalue weighted by atomic mass is 35.5. The lowest BCUT2D eigenvalue weighted by molar-refractivity contribution is -0.137. The van der Waals surface area contributed by atoms with E-state index in [2.05, 4.69) is 0 Å². The van der Waals surface area contributed by atoms with Gasteiger partial charge in [-0.3, -0.25) is 4.90 Å². The molecule has 0 aliphatic rings. The quantitative estimate of drug-likeness (QED) is 0.545. The fourth-order valence-corrected chi connectivity index (χ4v) is 2.86. The molecule has 1 unspecified atom stereocenters. The summed E-state index contributed by atoms with van der Waals surface area (Å²) < 4.78 is 9.70. The Morgan fingerprint density at radius 1 is 1.29 bits per heavy atom. The summed E-state index contributed by atoms with van der Waals surface area (Å²) in [6.07, 6.45) is 1.08. The standard InChI is InChI=1S/C17H21Cl2NO4/c1-5-24-16(21)10-12(3)20(17(22)23-4)11(2)9-13-14(18)7-6-8-15(13)19/h6-8,10-11H,5,9H2,1-4H3. The van der Waals surface area contributed by atoms with Crippen molar-refractivity contribution in [3.05, 3.63) is 45.6 Å².